The number of nitrogens with zero attached hydrogens (tertiary/aromatic N) is 2. The Morgan fingerprint density at radius 2 is 2.04 bits per heavy atom. The number of hydrogen-bond donors (Lipinski definition) is 0. The van der Waals surface area contributed by atoms with Crippen LogP contribution in [-0.4, -0.2) is 22.7 Å². The molecule has 0 saturated heterocycles. The molecule has 4 nitrogen and oxygen atoms in total. The lowest BCUT2D eigenvalue weighted by atomic mass is 10.1. The normalized spacial score (nSPS) is 14.3. The highest BCUT2D eigenvalue weighted by Crippen LogP contribution is 2.37. The highest BCUT2D eigenvalue weighted by Gasteiger charge is 2.20. The molecule has 0 fully saturated rings. The van der Waals surface area contributed by atoms with Crippen molar-refractivity contribution in [2.24, 2.45) is 0 Å². The molecule has 2 aromatic rings. The number of hydrogen-bond acceptors (Lipinski definition) is 4. The zero-order valence-electron chi connectivity index (χ0n) is 13.5. The van der Waals surface area contributed by atoms with Gasteiger partial charge in [0.15, 0.2) is 11.5 Å². The molecule has 1 aromatic heterocycles. The molecule has 0 aliphatic carbocycles. The molecule has 0 saturated carbocycles. The Hall–Kier alpha value is -1.78. The Bertz CT molecular complexity index is 664. The first kappa shape index (κ1) is 16.1. The summed E-state index contributed by atoms with van der Waals surface area (Å²) in [6, 6.07) is 8.35. The van der Waals surface area contributed by atoms with Crippen LogP contribution in [0, 0.1) is 0 Å². The van der Waals surface area contributed by atoms with Crippen molar-refractivity contribution < 1.29 is 9.47 Å². The third-order valence-electron chi connectivity index (χ3n) is 4.24. The quantitative estimate of drug-likeness (QED) is 0.791. The van der Waals surface area contributed by atoms with E-state index in [2.05, 4.69) is 29.8 Å². The van der Waals surface area contributed by atoms with Gasteiger partial charge in [0.1, 0.15) is 0 Å². The van der Waals surface area contributed by atoms with Crippen molar-refractivity contribution in [3.05, 3.63) is 52.8 Å². The van der Waals surface area contributed by atoms with Crippen LogP contribution in [0.25, 0.3) is 0 Å². The van der Waals surface area contributed by atoms with E-state index in [0.29, 0.717) is 11.1 Å². The third kappa shape index (κ3) is 3.77. The maximum atomic E-state index is 6.43. The summed E-state index contributed by atoms with van der Waals surface area (Å²) < 4.78 is 10.8. The van der Waals surface area contributed by atoms with E-state index in [-0.39, 0.29) is 6.79 Å². The Labute approximate surface area is 142 Å². The number of aromatic nitrogens is 1. The molecule has 0 bridgehead atoms. The van der Waals surface area contributed by atoms with Crippen molar-refractivity contribution in [3.63, 3.8) is 0 Å². The van der Waals surface area contributed by atoms with Crippen LogP contribution in [0.2, 0.25) is 5.02 Å². The Kier molecular flexibility index (Phi) is 5.03. The SMILES string of the molecule is CC[C@@H](C)N(Cc1cccnc1)Cc1cc2c(cc1Cl)OCO2. The van der Waals surface area contributed by atoms with Gasteiger partial charge in [-0.25, -0.2) is 0 Å². The van der Waals surface area contributed by atoms with Crippen molar-refractivity contribution in [1.29, 1.82) is 0 Å². The molecule has 1 aromatic carbocycles. The monoisotopic (exact) mass is 332 g/mol. The van der Waals surface area contributed by atoms with Crippen molar-refractivity contribution in [3.8, 4) is 11.5 Å². The molecule has 23 heavy (non-hydrogen) atoms. The lowest BCUT2D eigenvalue weighted by molar-refractivity contribution is 0.173. The maximum absolute atomic E-state index is 6.43. The second-order valence-electron chi connectivity index (χ2n) is 5.82. The maximum Gasteiger partial charge on any atom is 0.231 e. The minimum atomic E-state index is 0.264. The number of halogens is 1. The van der Waals surface area contributed by atoms with E-state index < -0.39 is 0 Å². The number of ether oxygens (including phenoxy) is 2. The van der Waals surface area contributed by atoms with Crippen LogP contribution >= 0.6 is 11.6 Å². The summed E-state index contributed by atoms with van der Waals surface area (Å²) in [5, 5.41) is 0.716. The van der Waals surface area contributed by atoms with Crippen LogP contribution in [-0.2, 0) is 13.1 Å². The van der Waals surface area contributed by atoms with Crippen LogP contribution in [0.3, 0.4) is 0 Å². The minimum Gasteiger partial charge on any atom is -0.454 e. The summed E-state index contributed by atoms with van der Waals surface area (Å²) in [5.74, 6) is 1.50. The summed E-state index contributed by atoms with van der Waals surface area (Å²) >= 11 is 6.43. The van der Waals surface area contributed by atoms with Crippen LogP contribution in [0.15, 0.2) is 36.7 Å². The Morgan fingerprint density at radius 3 is 2.74 bits per heavy atom. The van der Waals surface area contributed by atoms with Gasteiger partial charge in [0.2, 0.25) is 6.79 Å². The van der Waals surface area contributed by atoms with Gasteiger partial charge in [-0.15, -0.1) is 0 Å². The molecule has 1 atom stereocenters. The number of fused-ring (bicyclic) bond motifs is 1. The van der Waals surface area contributed by atoms with Gasteiger partial charge in [0.05, 0.1) is 0 Å². The standard InChI is InChI=1S/C18H21ClN2O2/c1-3-13(2)21(10-14-5-4-6-20-9-14)11-15-7-17-18(8-16(15)19)23-12-22-17/h4-9,13H,3,10-12H2,1-2H3/t13-/m1/s1. The van der Waals surface area contributed by atoms with Crippen LogP contribution in [0.1, 0.15) is 31.4 Å². The second kappa shape index (κ2) is 7.20. The number of rotatable bonds is 6. The number of pyridine rings is 1. The van der Waals surface area contributed by atoms with Crippen molar-refractivity contribution in [1.82, 2.24) is 9.88 Å². The molecule has 0 N–H and O–H groups in total. The van der Waals surface area contributed by atoms with Gasteiger partial charge in [0.25, 0.3) is 0 Å². The summed E-state index contributed by atoms with van der Waals surface area (Å²) in [6.45, 7) is 6.30. The molecular formula is C18H21ClN2O2. The molecule has 122 valence electrons. The lowest BCUT2D eigenvalue weighted by Gasteiger charge is -2.29. The van der Waals surface area contributed by atoms with E-state index in [1.54, 1.807) is 6.20 Å². The molecule has 3 rings (SSSR count). The predicted octanol–water partition coefficient (Wildman–Crippen LogP) is 4.26. The van der Waals surface area contributed by atoms with Gasteiger partial charge in [0, 0.05) is 42.6 Å². The molecule has 0 spiro atoms. The van der Waals surface area contributed by atoms with E-state index in [1.807, 2.05) is 24.4 Å². The zero-order chi connectivity index (χ0) is 16.2. The molecule has 0 amide bonds. The largest absolute Gasteiger partial charge is 0.454 e. The second-order valence-corrected chi connectivity index (χ2v) is 6.23. The molecule has 0 radical (unpaired) electrons. The highest BCUT2D eigenvalue weighted by molar-refractivity contribution is 6.31. The van der Waals surface area contributed by atoms with Crippen molar-refractivity contribution in [2.45, 2.75) is 39.4 Å². The minimum absolute atomic E-state index is 0.264. The smallest absolute Gasteiger partial charge is 0.231 e. The topological polar surface area (TPSA) is 34.6 Å². The van der Waals surface area contributed by atoms with Crippen molar-refractivity contribution in [2.75, 3.05) is 6.79 Å². The Balaban J connectivity index is 1.81. The molecule has 1 aliphatic rings. The average molecular weight is 333 g/mol. The first-order valence-corrected chi connectivity index (χ1v) is 8.26. The van der Waals surface area contributed by atoms with Gasteiger partial charge in [-0.3, -0.25) is 9.88 Å². The highest BCUT2D eigenvalue weighted by atomic mass is 35.5. The van der Waals surface area contributed by atoms with Gasteiger partial charge >= 0.3 is 0 Å². The Morgan fingerprint density at radius 1 is 1.26 bits per heavy atom. The van der Waals surface area contributed by atoms with Gasteiger partial charge in [-0.2, -0.15) is 0 Å². The summed E-state index contributed by atoms with van der Waals surface area (Å²) in [7, 11) is 0. The fourth-order valence-electron chi connectivity index (χ4n) is 2.65. The molecule has 1 aliphatic heterocycles. The molecule has 2 heterocycles. The molecular weight excluding hydrogens is 312 g/mol. The first-order chi connectivity index (χ1) is 11.2. The van der Waals surface area contributed by atoms with Crippen LogP contribution in [0.4, 0.5) is 0 Å². The summed E-state index contributed by atoms with van der Waals surface area (Å²) in [6.07, 6.45) is 4.78. The third-order valence-corrected chi connectivity index (χ3v) is 4.59. The summed E-state index contributed by atoms with van der Waals surface area (Å²) in [4.78, 5) is 6.61. The average Bonchev–Trinajstić information content (AvgIpc) is 3.01. The van der Waals surface area contributed by atoms with Crippen molar-refractivity contribution >= 4 is 11.6 Å². The van der Waals surface area contributed by atoms with E-state index >= 15 is 0 Å². The van der Waals surface area contributed by atoms with Crippen LogP contribution in [0.5, 0.6) is 11.5 Å². The fraction of sp³-hybridized carbons (Fsp3) is 0.389. The molecule has 0 unspecified atom stereocenters. The van der Waals surface area contributed by atoms with Gasteiger partial charge in [-0.05, 0) is 36.6 Å². The fourth-order valence-corrected chi connectivity index (χ4v) is 2.86. The van der Waals surface area contributed by atoms with Gasteiger partial charge in [-0.1, -0.05) is 24.6 Å². The zero-order valence-corrected chi connectivity index (χ0v) is 14.2. The predicted molar refractivity (Wildman–Crippen MR) is 90.8 cm³/mol. The van der Waals surface area contributed by atoms with Gasteiger partial charge < -0.3 is 9.47 Å². The van der Waals surface area contributed by atoms with E-state index in [0.717, 1.165) is 36.6 Å². The van der Waals surface area contributed by atoms with E-state index in [1.165, 1.54) is 5.56 Å². The van der Waals surface area contributed by atoms with Crippen LogP contribution < -0.4 is 9.47 Å². The first-order valence-electron chi connectivity index (χ1n) is 7.88. The molecule has 5 heteroatoms. The van der Waals surface area contributed by atoms with E-state index in [9.17, 15) is 0 Å². The lowest BCUT2D eigenvalue weighted by Crippen LogP contribution is -2.31. The van der Waals surface area contributed by atoms with E-state index in [4.69, 9.17) is 21.1 Å². The number of benzene rings is 1. The summed E-state index contributed by atoms with van der Waals surface area (Å²) in [5.41, 5.74) is 2.25.